The van der Waals surface area contributed by atoms with E-state index in [0.717, 1.165) is 11.3 Å². The van der Waals surface area contributed by atoms with Crippen molar-refractivity contribution in [3.63, 3.8) is 0 Å². The number of aromatic amines is 1. The minimum Gasteiger partial charge on any atom is -0.291 e. The van der Waals surface area contributed by atoms with E-state index >= 15 is 0 Å². The fourth-order valence-corrected chi connectivity index (χ4v) is 1.79. The Hall–Kier alpha value is -2.54. The minimum absolute atomic E-state index is 0.580. The first kappa shape index (κ1) is 8.74. The first-order chi connectivity index (χ1) is 7.90. The van der Waals surface area contributed by atoms with Crippen LogP contribution in [-0.4, -0.2) is 14.6 Å². The molecule has 0 saturated carbocycles. The normalized spacial score (nSPS) is 10.4. The Morgan fingerprint density at radius 1 is 1.25 bits per heavy atom. The van der Waals surface area contributed by atoms with Gasteiger partial charge in [0.05, 0.1) is 5.69 Å². The summed E-state index contributed by atoms with van der Waals surface area (Å²) in [4.78, 5) is 4.14. The number of nitrogens with one attached hydrogen (secondary N) is 1. The topological polar surface area (TPSA) is 56.9 Å². The largest absolute Gasteiger partial charge is 0.291 e. The summed E-state index contributed by atoms with van der Waals surface area (Å²) in [5.41, 5.74) is 3.05. The molecule has 76 valence electrons. The summed E-state index contributed by atoms with van der Waals surface area (Å²) in [6, 6.07) is 12.0. The lowest BCUT2D eigenvalue weighted by Gasteiger charge is -1.96. The molecule has 3 aromatic rings. The maximum absolute atomic E-state index is 9.16. The van der Waals surface area contributed by atoms with Crippen LogP contribution >= 0.6 is 0 Å². The van der Waals surface area contributed by atoms with Gasteiger partial charge in [0.1, 0.15) is 11.6 Å². The molecular weight excluding hydrogens is 200 g/mol. The third-order valence-corrected chi connectivity index (χ3v) is 2.52. The third kappa shape index (κ3) is 1.12. The van der Waals surface area contributed by atoms with Crippen LogP contribution in [0.2, 0.25) is 0 Å². The van der Waals surface area contributed by atoms with Crippen molar-refractivity contribution in [1.82, 2.24) is 14.6 Å². The highest BCUT2D eigenvalue weighted by Crippen LogP contribution is 2.24. The molecule has 0 bridgehead atoms. The van der Waals surface area contributed by atoms with Gasteiger partial charge in [-0.1, -0.05) is 30.3 Å². The SMILES string of the molecule is N#Cc1c(-c2ccccc2)[nH]n2ccnc12. The van der Waals surface area contributed by atoms with Gasteiger partial charge in [0, 0.05) is 18.0 Å². The van der Waals surface area contributed by atoms with E-state index in [2.05, 4.69) is 16.2 Å². The van der Waals surface area contributed by atoms with Gasteiger partial charge in [0.2, 0.25) is 0 Å². The summed E-state index contributed by atoms with van der Waals surface area (Å²) in [7, 11) is 0. The lowest BCUT2D eigenvalue weighted by molar-refractivity contribution is 0.978. The summed E-state index contributed by atoms with van der Waals surface area (Å²) in [6.45, 7) is 0. The Bertz CT molecular complexity index is 670. The number of benzene rings is 1. The summed E-state index contributed by atoms with van der Waals surface area (Å²) in [6.07, 6.45) is 3.46. The van der Waals surface area contributed by atoms with Gasteiger partial charge >= 0.3 is 0 Å². The molecule has 0 aliphatic rings. The number of aromatic nitrogens is 3. The van der Waals surface area contributed by atoms with Crippen molar-refractivity contribution in [3.8, 4) is 17.3 Å². The Kier molecular flexibility index (Phi) is 1.77. The molecule has 0 unspecified atom stereocenters. The van der Waals surface area contributed by atoms with E-state index in [-0.39, 0.29) is 0 Å². The number of nitriles is 1. The maximum atomic E-state index is 9.16. The van der Waals surface area contributed by atoms with Crippen molar-refractivity contribution in [3.05, 3.63) is 48.3 Å². The molecule has 0 aliphatic carbocycles. The van der Waals surface area contributed by atoms with E-state index in [1.54, 1.807) is 16.9 Å². The second-order valence-corrected chi connectivity index (χ2v) is 3.46. The molecule has 0 aliphatic heterocycles. The fraction of sp³-hybridized carbons (Fsp3) is 0. The van der Waals surface area contributed by atoms with Gasteiger partial charge in [0.25, 0.3) is 0 Å². The molecule has 0 spiro atoms. The second kappa shape index (κ2) is 3.24. The van der Waals surface area contributed by atoms with Crippen molar-refractivity contribution in [2.75, 3.05) is 0 Å². The van der Waals surface area contributed by atoms with Crippen molar-refractivity contribution < 1.29 is 0 Å². The number of nitrogens with zero attached hydrogens (tertiary/aromatic N) is 3. The first-order valence-corrected chi connectivity index (χ1v) is 4.90. The maximum Gasteiger partial charge on any atom is 0.171 e. The van der Waals surface area contributed by atoms with Crippen LogP contribution in [0.5, 0.6) is 0 Å². The highest BCUT2D eigenvalue weighted by Gasteiger charge is 2.13. The molecule has 16 heavy (non-hydrogen) atoms. The van der Waals surface area contributed by atoms with Crippen LogP contribution in [0, 0.1) is 11.3 Å². The first-order valence-electron chi connectivity index (χ1n) is 4.90. The highest BCUT2D eigenvalue weighted by atomic mass is 15.3. The zero-order chi connectivity index (χ0) is 11.0. The van der Waals surface area contributed by atoms with Crippen molar-refractivity contribution in [2.45, 2.75) is 0 Å². The highest BCUT2D eigenvalue weighted by molar-refractivity contribution is 5.74. The number of H-pyrrole nitrogens is 1. The molecule has 0 radical (unpaired) electrons. The van der Waals surface area contributed by atoms with E-state index < -0.39 is 0 Å². The van der Waals surface area contributed by atoms with Gasteiger partial charge < -0.3 is 0 Å². The van der Waals surface area contributed by atoms with Crippen molar-refractivity contribution >= 4 is 5.65 Å². The number of hydrogen-bond donors (Lipinski definition) is 1. The lowest BCUT2D eigenvalue weighted by Crippen LogP contribution is -1.82. The molecular formula is C12H8N4. The average molecular weight is 208 g/mol. The van der Waals surface area contributed by atoms with E-state index in [9.17, 15) is 0 Å². The van der Waals surface area contributed by atoms with E-state index in [4.69, 9.17) is 5.26 Å². The smallest absolute Gasteiger partial charge is 0.171 e. The molecule has 2 heterocycles. The molecule has 2 aromatic heterocycles. The van der Waals surface area contributed by atoms with Gasteiger partial charge in [0.15, 0.2) is 5.65 Å². The summed E-state index contributed by atoms with van der Waals surface area (Å²) in [5.74, 6) is 0. The van der Waals surface area contributed by atoms with Crippen molar-refractivity contribution in [2.24, 2.45) is 0 Å². The van der Waals surface area contributed by atoms with Crippen LogP contribution in [0.25, 0.3) is 16.9 Å². The van der Waals surface area contributed by atoms with Gasteiger partial charge in [-0.15, -0.1) is 0 Å². The van der Waals surface area contributed by atoms with E-state index in [1.165, 1.54) is 0 Å². The summed E-state index contributed by atoms with van der Waals surface area (Å²) < 4.78 is 1.75. The fourth-order valence-electron chi connectivity index (χ4n) is 1.79. The predicted molar refractivity (Wildman–Crippen MR) is 59.7 cm³/mol. The Balaban J connectivity index is 2.32. The minimum atomic E-state index is 0.580. The standard InChI is InChI=1S/C12H8N4/c13-8-10-11(9-4-2-1-3-5-9)15-16-7-6-14-12(10)16/h1-7,15H. The molecule has 0 fully saturated rings. The summed E-state index contributed by atoms with van der Waals surface area (Å²) >= 11 is 0. The Morgan fingerprint density at radius 2 is 2.06 bits per heavy atom. The number of rotatable bonds is 1. The molecule has 1 N–H and O–H groups in total. The van der Waals surface area contributed by atoms with Gasteiger partial charge in [-0.05, 0) is 0 Å². The van der Waals surface area contributed by atoms with Crippen LogP contribution in [0.15, 0.2) is 42.7 Å². The Labute approximate surface area is 91.8 Å². The molecule has 4 nitrogen and oxygen atoms in total. The van der Waals surface area contributed by atoms with Crippen LogP contribution in [0.1, 0.15) is 5.56 Å². The van der Waals surface area contributed by atoms with Gasteiger partial charge in [-0.3, -0.25) is 5.10 Å². The predicted octanol–water partition coefficient (Wildman–Crippen LogP) is 2.20. The van der Waals surface area contributed by atoms with Crippen molar-refractivity contribution in [1.29, 1.82) is 5.26 Å². The molecule has 0 amide bonds. The number of hydrogen-bond acceptors (Lipinski definition) is 2. The van der Waals surface area contributed by atoms with E-state index in [1.807, 2.05) is 30.3 Å². The Morgan fingerprint density at radius 3 is 2.81 bits per heavy atom. The quantitative estimate of drug-likeness (QED) is 0.666. The molecule has 0 saturated heterocycles. The molecule has 1 aromatic carbocycles. The van der Waals surface area contributed by atoms with Crippen LogP contribution in [0.4, 0.5) is 0 Å². The molecule has 3 rings (SSSR count). The summed E-state index contributed by atoms with van der Waals surface area (Å²) in [5, 5.41) is 12.3. The zero-order valence-electron chi connectivity index (χ0n) is 8.38. The van der Waals surface area contributed by atoms with Gasteiger partial charge in [-0.25, -0.2) is 9.50 Å². The zero-order valence-corrected chi connectivity index (χ0v) is 8.38. The van der Waals surface area contributed by atoms with Crippen LogP contribution in [0.3, 0.4) is 0 Å². The molecule has 4 heteroatoms. The lowest BCUT2D eigenvalue weighted by atomic mass is 10.1. The van der Waals surface area contributed by atoms with Crippen LogP contribution in [-0.2, 0) is 0 Å². The number of imidazole rings is 1. The third-order valence-electron chi connectivity index (χ3n) is 2.52. The van der Waals surface area contributed by atoms with Gasteiger partial charge in [-0.2, -0.15) is 5.26 Å². The molecule has 0 atom stereocenters. The average Bonchev–Trinajstić information content (AvgIpc) is 2.89. The van der Waals surface area contributed by atoms with E-state index in [0.29, 0.717) is 11.2 Å². The number of fused-ring (bicyclic) bond motifs is 1. The van der Waals surface area contributed by atoms with Crippen LogP contribution < -0.4 is 0 Å². The monoisotopic (exact) mass is 208 g/mol. The second-order valence-electron chi connectivity index (χ2n) is 3.46.